The average molecular weight is 263 g/mol. The summed E-state index contributed by atoms with van der Waals surface area (Å²) in [5, 5.41) is 0. The fourth-order valence-electron chi connectivity index (χ4n) is 2.46. The van der Waals surface area contributed by atoms with Gasteiger partial charge in [0.25, 0.3) is 0 Å². The molecule has 1 saturated heterocycles. The number of nitrogens with zero attached hydrogens (tertiary/aromatic N) is 1. The summed E-state index contributed by atoms with van der Waals surface area (Å²) in [6, 6.07) is 7.90. The summed E-state index contributed by atoms with van der Waals surface area (Å²) >= 11 is 0. The zero-order valence-corrected chi connectivity index (χ0v) is 11.6. The number of likely N-dealkylation sites (tertiary alicyclic amines) is 1. The maximum absolute atomic E-state index is 11.0. The smallest absolute Gasteiger partial charge is 0.308 e. The monoisotopic (exact) mass is 263 g/mol. The van der Waals surface area contributed by atoms with Crippen molar-refractivity contribution in [2.45, 2.75) is 32.2 Å². The summed E-state index contributed by atoms with van der Waals surface area (Å²) in [7, 11) is 2.16. The second-order valence-corrected chi connectivity index (χ2v) is 4.95. The maximum Gasteiger partial charge on any atom is 0.308 e. The van der Waals surface area contributed by atoms with E-state index < -0.39 is 0 Å². The molecule has 0 aliphatic carbocycles. The Kier molecular flexibility index (Phi) is 4.80. The molecule has 0 saturated carbocycles. The molecule has 1 aromatic rings. The minimum Gasteiger partial charge on any atom is -0.490 e. The first kappa shape index (κ1) is 13.9. The number of carbonyl (C=O) groups is 1. The molecular weight excluding hydrogens is 242 g/mol. The Morgan fingerprint density at radius 3 is 2.74 bits per heavy atom. The Bertz CT molecular complexity index is 433. The number of para-hydroxylation sites is 2. The van der Waals surface area contributed by atoms with E-state index in [-0.39, 0.29) is 5.97 Å². The largest absolute Gasteiger partial charge is 0.490 e. The maximum atomic E-state index is 11.0. The average Bonchev–Trinajstić information content (AvgIpc) is 2.77. The van der Waals surface area contributed by atoms with Gasteiger partial charge in [-0.05, 0) is 45.0 Å². The molecule has 0 amide bonds. The highest BCUT2D eigenvalue weighted by Crippen LogP contribution is 2.27. The summed E-state index contributed by atoms with van der Waals surface area (Å²) < 4.78 is 10.9. The lowest BCUT2D eigenvalue weighted by molar-refractivity contribution is -0.132. The molecule has 0 aromatic heterocycles. The van der Waals surface area contributed by atoms with Crippen molar-refractivity contribution < 1.29 is 14.3 Å². The van der Waals surface area contributed by atoms with Gasteiger partial charge in [-0.3, -0.25) is 4.79 Å². The first-order valence-corrected chi connectivity index (χ1v) is 6.77. The molecule has 1 fully saturated rings. The van der Waals surface area contributed by atoms with Gasteiger partial charge < -0.3 is 14.4 Å². The third-order valence-corrected chi connectivity index (χ3v) is 3.48. The van der Waals surface area contributed by atoms with Crippen molar-refractivity contribution in [2.75, 3.05) is 20.2 Å². The molecule has 1 atom stereocenters. The van der Waals surface area contributed by atoms with E-state index in [1.807, 2.05) is 18.2 Å². The zero-order valence-electron chi connectivity index (χ0n) is 11.6. The van der Waals surface area contributed by atoms with Gasteiger partial charge in [-0.15, -0.1) is 0 Å². The van der Waals surface area contributed by atoms with E-state index in [0.29, 0.717) is 24.1 Å². The highest BCUT2D eigenvalue weighted by molar-refractivity contribution is 5.70. The second kappa shape index (κ2) is 6.57. The van der Waals surface area contributed by atoms with Crippen LogP contribution in [0, 0.1) is 0 Å². The summed E-state index contributed by atoms with van der Waals surface area (Å²) in [5.74, 6) is 0.805. The third-order valence-electron chi connectivity index (χ3n) is 3.48. The molecule has 0 N–H and O–H groups in total. The van der Waals surface area contributed by atoms with Crippen molar-refractivity contribution in [1.29, 1.82) is 0 Å². The van der Waals surface area contributed by atoms with Crippen LogP contribution in [0.1, 0.15) is 26.2 Å². The summed E-state index contributed by atoms with van der Waals surface area (Å²) in [5.41, 5.74) is 0. The van der Waals surface area contributed by atoms with Crippen LogP contribution in [0.3, 0.4) is 0 Å². The molecule has 0 radical (unpaired) electrons. The van der Waals surface area contributed by atoms with Gasteiger partial charge in [0, 0.05) is 13.0 Å². The highest BCUT2D eigenvalue weighted by atomic mass is 16.6. The number of hydrogen-bond acceptors (Lipinski definition) is 4. The number of rotatable bonds is 5. The summed E-state index contributed by atoms with van der Waals surface area (Å²) in [6.45, 7) is 3.21. The predicted molar refractivity (Wildman–Crippen MR) is 73.5 cm³/mol. The van der Waals surface area contributed by atoms with Crippen LogP contribution in [-0.4, -0.2) is 37.1 Å². The highest BCUT2D eigenvalue weighted by Gasteiger charge is 2.20. The van der Waals surface area contributed by atoms with Gasteiger partial charge in [0.1, 0.15) is 0 Å². The minimum atomic E-state index is -0.327. The summed E-state index contributed by atoms with van der Waals surface area (Å²) in [6.07, 6.45) is 3.52. The van der Waals surface area contributed by atoms with E-state index in [2.05, 4.69) is 11.9 Å². The quantitative estimate of drug-likeness (QED) is 0.604. The van der Waals surface area contributed by atoms with E-state index in [1.165, 1.54) is 26.3 Å². The van der Waals surface area contributed by atoms with Gasteiger partial charge in [0.15, 0.2) is 11.5 Å². The van der Waals surface area contributed by atoms with E-state index in [0.717, 1.165) is 6.42 Å². The lowest BCUT2D eigenvalue weighted by Gasteiger charge is -2.19. The first-order valence-electron chi connectivity index (χ1n) is 6.77. The third kappa shape index (κ3) is 3.96. The topological polar surface area (TPSA) is 38.8 Å². The van der Waals surface area contributed by atoms with Crippen molar-refractivity contribution in [1.82, 2.24) is 4.90 Å². The van der Waals surface area contributed by atoms with Crippen LogP contribution >= 0.6 is 0 Å². The molecule has 19 heavy (non-hydrogen) atoms. The Morgan fingerprint density at radius 2 is 2.11 bits per heavy atom. The number of hydrogen-bond donors (Lipinski definition) is 0. The van der Waals surface area contributed by atoms with Crippen LogP contribution in [0.5, 0.6) is 11.5 Å². The molecule has 1 unspecified atom stereocenters. The Balaban J connectivity index is 1.86. The molecule has 4 heteroatoms. The fourth-order valence-corrected chi connectivity index (χ4v) is 2.46. The first-order chi connectivity index (χ1) is 9.16. The van der Waals surface area contributed by atoms with Crippen molar-refractivity contribution in [3.8, 4) is 11.5 Å². The minimum absolute atomic E-state index is 0.327. The summed E-state index contributed by atoms with van der Waals surface area (Å²) in [4.78, 5) is 13.4. The van der Waals surface area contributed by atoms with E-state index in [1.54, 1.807) is 6.07 Å². The molecule has 104 valence electrons. The van der Waals surface area contributed by atoms with Crippen molar-refractivity contribution in [3.05, 3.63) is 24.3 Å². The van der Waals surface area contributed by atoms with Gasteiger partial charge in [0.05, 0.1) is 6.61 Å². The van der Waals surface area contributed by atoms with Crippen molar-refractivity contribution in [2.24, 2.45) is 0 Å². The molecule has 1 aliphatic rings. The van der Waals surface area contributed by atoms with Crippen LogP contribution in [0.25, 0.3) is 0 Å². The van der Waals surface area contributed by atoms with E-state index in [4.69, 9.17) is 9.47 Å². The molecule has 1 aromatic carbocycles. The lowest BCUT2D eigenvalue weighted by atomic mass is 10.1. The SMILES string of the molecule is CC(=O)Oc1ccccc1OCCC1CCCN1C. The van der Waals surface area contributed by atoms with Gasteiger partial charge in [-0.25, -0.2) is 0 Å². The lowest BCUT2D eigenvalue weighted by Crippen LogP contribution is -2.26. The van der Waals surface area contributed by atoms with Crippen LogP contribution in [0.15, 0.2) is 24.3 Å². The van der Waals surface area contributed by atoms with E-state index >= 15 is 0 Å². The second-order valence-electron chi connectivity index (χ2n) is 4.95. The molecule has 2 rings (SSSR count). The Hall–Kier alpha value is -1.55. The van der Waals surface area contributed by atoms with Crippen molar-refractivity contribution in [3.63, 3.8) is 0 Å². The Morgan fingerprint density at radius 1 is 1.37 bits per heavy atom. The van der Waals surface area contributed by atoms with Crippen LogP contribution in [0.4, 0.5) is 0 Å². The van der Waals surface area contributed by atoms with Crippen LogP contribution in [0.2, 0.25) is 0 Å². The van der Waals surface area contributed by atoms with Crippen LogP contribution in [-0.2, 0) is 4.79 Å². The Labute approximate surface area is 114 Å². The number of ether oxygens (including phenoxy) is 2. The molecule has 0 bridgehead atoms. The van der Waals surface area contributed by atoms with E-state index in [9.17, 15) is 4.79 Å². The van der Waals surface area contributed by atoms with Gasteiger partial charge >= 0.3 is 5.97 Å². The number of carbonyl (C=O) groups excluding carboxylic acids is 1. The zero-order chi connectivity index (χ0) is 13.7. The molecule has 1 aliphatic heterocycles. The molecular formula is C15H21NO3. The molecule has 4 nitrogen and oxygen atoms in total. The van der Waals surface area contributed by atoms with Gasteiger partial charge in [-0.1, -0.05) is 12.1 Å². The van der Waals surface area contributed by atoms with Gasteiger partial charge in [0.2, 0.25) is 0 Å². The van der Waals surface area contributed by atoms with Crippen molar-refractivity contribution >= 4 is 5.97 Å². The number of esters is 1. The molecule has 1 heterocycles. The normalized spacial score (nSPS) is 19.4. The standard InChI is InChI=1S/C15H21NO3/c1-12(17)19-15-8-4-3-7-14(15)18-11-9-13-6-5-10-16(13)2/h3-4,7-8,13H,5-6,9-11H2,1-2H3. The fraction of sp³-hybridized carbons (Fsp3) is 0.533. The van der Waals surface area contributed by atoms with Crippen LogP contribution < -0.4 is 9.47 Å². The predicted octanol–water partition coefficient (Wildman–Crippen LogP) is 2.48. The van der Waals surface area contributed by atoms with Gasteiger partial charge in [-0.2, -0.15) is 0 Å². The number of benzene rings is 1. The molecule has 0 spiro atoms.